The number of oxime groups is 1. The molecule has 17 heteroatoms. The van der Waals surface area contributed by atoms with Crippen LogP contribution in [0.2, 0.25) is 0 Å². The number of rotatable bonds is 12. The third-order valence-corrected chi connectivity index (χ3v) is 8.72. The monoisotopic (exact) mass is 627 g/mol. The van der Waals surface area contributed by atoms with Gasteiger partial charge in [0.25, 0.3) is 11.8 Å². The number of hydrogen-bond acceptors (Lipinski definition) is 13. The van der Waals surface area contributed by atoms with Crippen LogP contribution < -0.4 is 10.1 Å². The summed E-state index contributed by atoms with van der Waals surface area (Å²) in [5, 5.41) is 47.3. The number of nitrogens with zero attached hydrogens (tertiary/aromatic N) is 6. The fraction of sp³-hybridized carbons (Fsp3) is 0.269. The zero-order valence-corrected chi connectivity index (χ0v) is 24.1. The number of para-hydroxylation sites is 2. The number of phenolic OH excluding ortho intramolecular Hbond substituents is 2. The van der Waals surface area contributed by atoms with E-state index < -0.39 is 29.2 Å². The third kappa shape index (κ3) is 6.51. The molecular weight excluding hydrogens is 602 g/mol. The van der Waals surface area contributed by atoms with Gasteiger partial charge in [-0.15, -0.1) is 16.9 Å². The van der Waals surface area contributed by atoms with Crippen molar-refractivity contribution in [2.24, 2.45) is 12.2 Å². The van der Waals surface area contributed by atoms with Gasteiger partial charge in [-0.25, -0.2) is 9.48 Å². The highest BCUT2D eigenvalue weighted by atomic mass is 32.2. The molecule has 3 aromatic rings. The average Bonchev–Trinajstić information content (AvgIpc) is 3.41. The number of carbonyl (C=O) groups excluding carboxylic acids is 2. The highest BCUT2D eigenvalue weighted by Gasteiger charge is 2.54. The summed E-state index contributed by atoms with van der Waals surface area (Å²) in [7, 11) is 1.66. The van der Waals surface area contributed by atoms with Crippen molar-refractivity contribution in [2.45, 2.75) is 16.6 Å². The number of carboxylic acid groups (broad SMARTS) is 1. The number of fused-ring (bicyclic) bond motifs is 1. The zero-order chi connectivity index (χ0) is 30.5. The Kier molecular flexibility index (Phi) is 9.01. The number of carbonyl (C=O) groups is 3. The van der Waals surface area contributed by atoms with E-state index in [0.717, 1.165) is 0 Å². The number of thioether (sulfide) groups is 2. The summed E-state index contributed by atoms with van der Waals surface area (Å²) in [5.41, 5.74) is 0.412. The van der Waals surface area contributed by atoms with Crippen molar-refractivity contribution in [3.05, 3.63) is 65.4 Å². The summed E-state index contributed by atoms with van der Waals surface area (Å²) in [6, 6.07) is 11.2. The molecule has 0 aliphatic carbocycles. The number of amides is 2. The van der Waals surface area contributed by atoms with E-state index in [1.165, 1.54) is 63.4 Å². The molecule has 2 aliphatic heterocycles. The SMILES string of the molecule is Cn1nnnc1SCC1=C(C(=O)O)N2C(=O)C(NC(=O)/C(=N/OCCOc3ccccc3O)c3cccc(O)c3)[C@H]2SC1. The lowest BCUT2D eigenvalue weighted by Gasteiger charge is -2.49. The molecule has 2 amide bonds. The molecule has 0 saturated carbocycles. The van der Waals surface area contributed by atoms with Crippen molar-refractivity contribution >= 4 is 47.0 Å². The van der Waals surface area contributed by atoms with Crippen molar-refractivity contribution in [2.75, 3.05) is 24.7 Å². The molecular formula is C26H25N7O8S2. The second-order valence-electron chi connectivity index (χ2n) is 9.13. The number of nitrogens with one attached hydrogen (secondary N) is 1. The number of β-lactam (4-membered cyclic amide) rings is 1. The van der Waals surface area contributed by atoms with Gasteiger partial charge >= 0.3 is 5.97 Å². The van der Waals surface area contributed by atoms with Crippen LogP contribution in [0.15, 0.2) is 70.1 Å². The first-order chi connectivity index (χ1) is 20.7. The van der Waals surface area contributed by atoms with Crippen molar-refractivity contribution in [3.8, 4) is 17.2 Å². The lowest BCUT2D eigenvalue weighted by Crippen LogP contribution is -2.71. The summed E-state index contributed by atoms with van der Waals surface area (Å²) < 4.78 is 6.91. The molecule has 2 aliphatic rings. The van der Waals surface area contributed by atoms with E-state index in [1.54, 1.807) is 25.2 Å². The highest BCUT2D eigenvalue weighted by molar-refractivity contribution is 8.01. The van der Waals surface area contributed by atoms with E-state index in [1.807, 2.05) is 0 Å². The Balaban J connectivity index is 1.26. The smallest absolute Gasteiger partial charge is 0.352 e. The standard InChI is InChI=1S/C26H25N7O8S2/c1-32-26(28-30-31-32)43-13-15-12-42-24-20(23(37)33(24)21(15)25(38)39)27-22(36)19(14-5-4-6-16(34)11-14)29-41-10-9-40-18-8-3-2-7-17(18)35/h2-8,11,20,24,34-35H,9-10,12-13H2,1H3,(H,27,36)(H,38,39)/b29-19+/t20?,24-/m1/s1. The van der Waals surface area contributed by atoms with Crippen LogP contribution in [-0.2, 0) is 26.3 Å². The number of phenols is 2. The number of benzene rings is 2. The molecule has 1 saturated heterocycles. The molecule has 0 spiro atoms. The summed E-state index contributed by atoms with van der Waals surface area (Å²) in [6.07, 6.45) is 0. The maximum atomic E-state index is 13.4. The number of aromatic nitrogens is 4. The molecule has 0 radical (unpaired) electrons. The quantitative estimate of drug-likeness (QED) is 0.0728. The number of carboxylic acids is 1. The molecule has 2 atom stereocenters. The van der Waals surface area contributed by atoms with Crippen molar-refractivity contribution in [1.29, 1.82) is 0 Å². The number of tetrazole rings is 1. The van der Waals surface area contributed by atoms with E-state index in [9.17, 15) is 29.7 Å². The number of ether oxygens (including phenoxy) is 1. The molecule has 2 aromatic carbocycles. The van der Waals surface area contributed by atoms with Crippen LogP contribution in [0.3, 0.4) is 0 Å². The summed E-state index contributed by atoms with van der Waals surface area (Å²) >= 11 is 2.57. The summed E-state index contributed by atoms with van der Waals surface area (Å²) in [4.78, 5) is 45.2. The zero-order valence-electron chi connectivity index (χ0n) is 22.5. The van der Waals surface area contributed by atoms with Gasteiger partial charge < -0.3 is 30.2 Å². The van der Waals surface area contributed by atoms with Crippen molar-refractivity contribution < 1.29 is 39.3 Å². The Labute approximate surface area is 252 Å². The van der Waals surface area contributed by atoms with Crippen LogP contribution in [0.25, 0.3) is 0 Å². The van der Waals surface area contributed by atoms with Gasteiger partial charge in [0.05, 0.1) is 0 Å². The topological polar surface area (TPSA) is 202 Å². The number of hydrogen-bond donors (Lipinski definition) is 4. The minimum atomic E-state index is -1.25. The normalized spacial score (nSPS) is 18.1. The first kappa shape index (κ1) is 29.7. The van der Waals surface area contributed by atoms with Crippen LogP contribution in [-0.4, -0.2) is 100 Å². The lowest BCUT2D eigenvalue weighted by atomic mass is 10.0. The molecule has 1 fully saturated rings. The van der Waals surface area contributed by atoms with Gasteiger partial charge in [-0.3, -0.25) is 14.5 Å². The van der Waals surface area contributed by atoms with E-state index in [-0.39, 0.29) is 53.2 Å². The second-order valence-corrected chi connectivity index (χ2v) is 11.2. The predicted octanol–water partition coefficient (Wildman–Crippen LogP) is 0.952. The lowest BCUT2D eigenvalue weighted by molar-refractivity contribution is -0.150. The van der Waals surface area contributed by atoms with Crippen LogP contribution in [0, 0.1) is 0 Å². The minimum Gasteiger partial charge on any atom is -0.508 e. The largest absolute Gasteiger partial charge is 0.508 e. The van der Waals surface area contributed by atoms with Gasteiger partial charge in [0.2, 0.25) is 5.16 Å². The Hall–Kier alpha value is -4.77. The maximum Gasteiger partial charge on any atom is 0.352 e. The Morgan fingerprint density at radius 2 is 2.00 bits per heavy atom. The Bertz CT molecular complexity index is 1610. The van der Waals surface area contributed by atoms with Gasteiger partial charge in [0.1, 0.15) is 29.5 Å². The van der Waals surface area contributed by atoms with Crippen LogP contribution in [0.1, 0.15) is 5.56 Å². The van der Waals surface area contributed by atoms with Gasteiger partial charge in [-0.05, 0) is 40.3 Å². The maximum absolute atomic E-state index is 13.4. The Morgan fingerprint density at radius 3 is 2.72 bits per heavy atom. The van der Waals surface area contributed by atoms with Crippen LogP contribution in [0.4, 0.5) is 0 Å². The van der Waals surface area contributed by atoms with E-state index >= 15 is 0 Å². The van der Waals surface area contributed by atoms with Crippen LogP contribution >= 0.6 is 23.5 Å². The van der Waals surface area contributed by atoms with Crippen molar-refractivity contribution in [1.82, 2.24) is 30.4 Å². The highest BCUT2D eigenvalue weighted by Crippen LogP contribution is 2.41. The molecule has 1 aromatic heterocycles. The molecule has 3 heterocycles. The molecule has 43 heavy (non-hydrogen) atoms. The molecule has 15 nitrogen and oxygen atoms in total. The number of aliphatic carboxylic acids is 1. The fourth-order valence-corrected chi connectivity index (χ4v) is 6.59. The van der Waals surface area contributed by atoms with Gasteiger partial charge in [-0.1, -0.05) is 41.2 Å². The molecule has 0 bridgehead atoms. The molecule has 224 valence electrons. The fourth-order valence-electron chi connectivity index (χ4n) is 4.26. The average molecular weight is 628 g/mol. The minimum absolute atomic E-state index is 0.00286. The van der Waals surface area contributed by atoms with E-state index in [2.05, 4.69) is 26.0 Å². The van der Waals surface area contributed by atoms with E-state index in [4.69, 9.17) is 9.57 Å². The van der Waals surface area contributed by atoms with Crippen molar-refractivity contribution in [3.63, 3.8) is 0 Å². The Morgan fingerprint density at radius 1 is 1.19 bits per heavy atom. The predicted molar refractivity (Wildman–Crippen MR) is 153 cm³/mol. The van der Waals surface area contributed by atoms with Gasteiger partial charge in [-0.2, -0.15) is 0 Å². The van der Waals surface area contributed by atoms with Gasteiger partial charge in [0.15, 0.2) is 23.8 Å². The molecule has 5 rings (SSSR count). The number of aromatic hydroxyl groups is 2. The second kappa shape index (κ2) is 13.0. The first-order valence-electron chi connectivity index (χ1n) is 12.7. The molecule has 1 unspecified atom stereocenters. The van der Waals surface area contributed by atoms with E-state index in [0.29, 0.717) is 16.5 Å². The van der Waals surface area contributed by atoms with Crippen LogP contribution in [0.5, 0.6) is 17.2 Å². The van der Waals surface area contributed by atoms with Gasteiger partial charge in [0, 0.05) is 24.1 Å². The first-order valence-corrected chi connectivity index (χ1v) is 14.7. The summed E-state index contributed by atoms with van der Waals surface area (Å²) in [5.74, 6) is -1.93. The third-order valence-electron chi connectivity index (χ3n) is 6.28. The summed E-state index contributed by atoms with van der Waals surface area (Å²) in [6.45, 7) is -0.0839. The number of aryl methyl sites for hydroxylation is 1. The molecule has 4 N–H and O–H groups in total.